The number of urea groups is 1. The Balaban J connectivity index is 1.94. The zero-order valence-electron chi connectivity index (χ0n) is 12.5. The molecule has 1 aromatic carbocycles. The van der Waals surface area contributed by atoms with E-state index in [0.29, 0.717) is 24.8 Å². The molecule has 1 saturated heterocycles. The molecule has 0 spiro atoms. The smallest absolute Gasteiger partial charge is 0.321 e. The highest BCUT2D eigenvalue weighted by atomic mass is 16.2. The summed E-state index contributed by atoms with van der Waals surface area (Å²) in [5, 5.41) is 8.74. The summed E-state index contributed by atoms with van der Waals surface area (Å²) in [6.07, 6.45) is 0.979. The van der Waals surface area contributed by atoms with E-state index in [9.17, 15) is 9.59 Å². The Labute approximate surface area is 124 Å². The second kappa shape index (κ2) is 7.08. The maximum atomic E-state index is 11.9. The Hall–Kier alpha value is -2.08. The minimum absolute atomic E-state index is 0.0849. The van der Waals surface area contributed by atoms with E-state index in [4.69, 9.17) is 0 Å². The predicted octanol–water partition coefficient (Wildman–Crippen LogP) is 1.54. The number of nitrogens with one attached hydrogen (secondary N) is 3. The third-order valence-corrected chi connectivity index (χ3v) is 3.52. The van der Waals surface area contributed by atoms with Gasteiger partial charge in [0.15, 0.2) is 0 Å². The van der Waals surface area contributed by atoms with Crippen molar-refractivity contribution in [1.82, 2.24) is 10.6 Å². The molecule has 21 heavy (non-hydrogen) atoms. The fourth-order valence-electron chi connectivity index (χ4n) is 2.09. The Morgan fingerprint density at radius 3 is 2.95 bits per heavy atom. The van der Waals surface area contributed by atoms with Gasteiger partial charge in [0.05, 0.1) is 6.54 Å². The average Bonchev–Trinajstić information content (AvgIpc) is 2.91. The van der Waals surface area contributed by atoms with E-state index in [1.807, 2.05) is 31.2 Å². The SMILES string of the molecule is CCC(C)NCC(=O)Nc1cccc(N2CCNC2=O)c1. The molecule has 0 aromatic heterocycles. The lowest BCUT2D eigenvalue weighted by Gasteiger charge is -2.16. The number of anilines is 2. The first-order valence-corrected chi connectivity index (χ1v) is 7.29. The number of benzene rings is 1. The van der Waals surface area contributed by atoms with E-state index >= 15 is 0 Å². The molecule has 1 fully saturated rings. The molecule has 0 aliphatic carbocycles. The highest BCUT2D eigenvalue weighted by molar-refractivity contribution is 5.96. The monoisotopic (exact) mass is 290 g/mol. The molecular formula is C15H22N4O2. The molecule has 1 aliphatic rings. The van der Waals surface area contributed by atoms with Crippen LogP contribution in [0.4, 0.5) is 16.2 Å². The first kappa shape index (κ1) is 15.3. The van der Waals surface area contributed by atoms with Crippen LogP contribution in [-0.4, -0.2) is 37.6 Å². The zero-order chi connectivity index (χ0) is 15.2. The van der Waals surface area contributed by atoms with Crippen LogP contribution in [0.25, 0.3) is 0 Å². The number of nitrogens with zero attached hydrogens (tertiary/aromatic N) is 1. The van der Waals surface area contributed by atoms with Crippen LogP contribution < -0.4 is 20.9 Å². The minimum atomic E-state index is -0.100. The maximum absolute atomic E-state index is 11.9. The van der Waals surface area contributed by atoms with Gasteiger partial charge in [0.25, 0.3) is 0 Å². The number of hydrogen-bond acceptors (Lipinski definition) is 3. The number of carbonyl (C=O) groups is 2. The van der Waals surface area contributed by atoms with E-state index in [-0.39, 0.29) is 18.5 Å². The van der Waals surface area contributed by atoms with Gasteiger partial charge in [-0.2, -0.15) is 0 Å². The largest absolute Gasteiger partial charge is 0.336 e. The highest BCUT2D eigenvalue weighted by Crippen LogP contribution is 2.20. The summed E-state index contributed by atoms with van der Waals surface area (Å²) in [7, 11) is 0. The van der Waals surface area contributed by atoms with Gasteiger partial charge in [-0.25, -0.2) is 4.79 Å². The van der Waals surface area contributed by atoms with Crippen molar-refractivity contribution in [3.8, 4) is 0 Å². The second-order valence-electron chi connectivity index (χ2n) is 5.17. The zero-order valence-corrected chi connectivity index (χ0v) is 12.5. The van der Waals surface area contributed by atoms with Crippen molar-refractivity contribution in [2.45, 2.75) is 26.3 Å². The van der Waals surface area contributed by atoms with Crippen LogP contribution in [-0.2, 0) is 4.79 Å². The van der Waals surface area contributed by atoms with Crippen molar-refractivity contribution in [3.05, 3.63) is 24.3 Å². The highest BCUT2D eigenvalue weighted by Gasteiger charge is 2.21. The van der Waals surface area contributed by atoms with E-state index in [1.165, 1.54) is 0 Å². The van der Waals surface area contributed by atoms with Gasteiger partial charge >= 0.3 is 6.03 Å². The van der Waals surface area contributed by atoms with Gasteiger partial charge in [0.2, 0.25) is 5.91 Å². The van der Waals surface area contributed by atoms with Crippen LogP contribution in [0, 0.1) is 0 Å². The summed E-state index contributed by atoms with van der Waals surface area (Å²) in [6.45, 7) is 5.68. The summed E-state index contributed by atoms with van der Waals surface area (Å²) in [6, 6.07) is 7.54. The summed E-state index contributed by atoms with van der Waals surface area (Å²) < 4.78 is 0. The lowest BCUT2D eigenvalue weighted by molar-refractivity contribution is -0.115. The van der Waals surface area contributed by atoms with Crippen molar-refractivity contribution in [2.24, 2.45) is 0 Å². The average molecular weight is 290 g/mol. The lowest BCUT2D eigenvalue weighted by atomic mass is 10.2. The van der Waals surface area contributed by atoms with Gasteiger partial charge in [0.1, 0.15) is 0 Å². The molecule has 1 aromatic rings. The van der Waals surface area contributed by atoms with Crippen LogP contribution in [0.15, 0.2) is 24.3 Å². The maximum Gasteiger partial charge on any atom is 0.321 e. The summed E-state index contributed by atoms with van der Waals surface area (Å²) in [4.78, 5) is 25.2. The van der Waals surface area contributed by atoms with E-state index in [1.54, 1.807) is 4.90 Å². The molecule has 6 nitrogen and oxygen atoms in total. The normalized spacial score (nSPS) is 15.7. The molecule has 0 radical (unpaired) electrons. The van der Waals surface area contributed by atoms with Crippen LogP contribution >= 0.6 is 0 Å². The molecule has 0 saturated carbocycles. The van der Waals surface area contributed by atoms with Crippen molar-refractivity contribution in [2.75, 3.05) is 29.9 Å². The topological polar surface area (TPSA) is 73.5 Å². The van der Waals surface area contributed by atoms with Gasteiger partial charge in [-0.05, 0) is 31.5 Å². The van der Waals surface area contributed by atoms with Gasteiger partial charge in [-0.15, -0.1) is 0 Å². The molecule has 2 rings (SSSR count). The number of hydrogen-bond donors (Lipinski definition) is 3. The van der Waals surface area contributed by atoms with E-state index in [0.717, 1.165) is 12.1 Å². The van der Waals surface area contributed by atoms with Crippen LogP contribution in [0.5, 0.6) is 0 Å². The fraction of sp³-hybridized carbons (Fsp3) is 0.467. The first-order valence-electron chi connectivity index (χ1n) is 7.29. The molecule has 0 bridgehead atoms. The van der Waals surface area contributed by atoms with Gasteiger partial charge < -0.3 is 16.0 Å². The standard InChI is InChI=1S/C15H22N4O2/c1-3-11(2)17-10-14(20)18-12-5-4-6-13(9-12)19-8-7-16-15(19)21/h4-6,9,11,17H,3,7-8,10H2,1-2H3,(H,16,21)(H,18,20). The molecule has 1 unspecified atom stereocenters. The van der Waals surface area contributed by atoms with E-state index in [2.05, 4.69) is 22.9 Å². The molecular weight excluding hydrogens is 268 g/mol. The summed E-state index contributed by atoms with van der Waals surface area (Å²) in [5.41, 5.74) is 1.49. The van der Waals surface area contributed by atoms with Crippen molar-refractivity contribution < 1.29 is 9.59 Å². The Morgan fingerprint density at radius 1 is 1.48 bits per heavy atom. The Bertz CT molecular complexity index is 518. The predicted molar refractivity (Wildman–Crippen MR) is 83.6 cm³/mol. The first-order chi connectivity index (χ1) is 10.1. The number of carbonyl (C=O) groups excluding carboxylic acids is 2. The molecule has 114 valence electrons. The summed E-state index contributed by atoms with van der Waals surface area (Å²) >= 11 is 0. The molecule has 6 heteroatoms. The second-order valence-corrected chi connectivity index (χ2v) is 5.17. The van der Waals surface area contributed by atoms with Crippen molar-refractivity contribution in [1.29, 1.82) is 0 Å². The molecule has 3 amide bonds. The Morgan fingerprint density at radius 2 is 2.29 bits per heavy atom. The minimum Gasteiger partial charge on any atom is -0.336 e. The van der Waals surface area contributed by atoms with E-state index < -0.39 is 0 Å². The van der Waals surface area contributed by atoms with Crippen molar-refractivity contribution in [3.63, 3.8) is 0 Å². The molecule has 1 aliphatic heterocycles. The quantitative estimate of drug-likeness (QED) is 0.744. The molecule has 3 N–H and O–H groups in total. The van der Waals surface area contributed by atoms with Gasteiger partial charge in [-0.3, -0.25) is 9.69 Å². The van der Waals surface area contributed by atoms with Crippen LogP contribution in [0.2, 0.25) is 0 Å². The van der Waals surface area contributed by atoms with Crippen LogP contribution in [0.1, 0.15) is 20.3 Å². The third-order valence-electron chi connectivity index (χ3n) is 3.52. The summed E-state index contributed by atoms with van der Waals surface area (Å²) in [5.74, 6) is -0.0849. The Kier molecular flexibility index (Phi) is 5.16. The fourth-order valence-corrected chi connectivity index (χ4v) is 2.09. The lowest BCUT2D eigenvalue weighted by Crippen LogP contribution is -2.34. The number of rotatable bonds is 6. The molecule has 1 heterocycles. The number of amides is 3. The van der Waals surface area contributed by atoms with Crippen LogP contribution in [0.3, 0.4) is 0 Å². The van der Waals surface area contributed by atoms with Crippen molar-refractivity contribution >= 4 is 23.3 Å². The third kappa shape index (κ3) is 4.19. The molecule has 1 atom stereocenters. The van der Waals surface area contributed by atoms with Gasteiger partial charge in [-0.1, -0.05) is 13.0 Å². The van der Waals surface area contributed by atoms with Gasteiger partial charge in [0, 0.05) is 30.5 Å².